The maximum atomic E-state index is 6.65. The molecule has 0 saturated heterocycles. The van der Waals surface area contributed by atoms with E-state index in [-0.39, 0.29) is 5.41 Å². The second kappa shape index (κ2) is 12.4. The lowest BCUT2D eigenvalue weighted by Crippen LogP contribution is -2.11. The van der Waals surface area contributed by atoms with E-state index in [0.29, 0.717) is 17.5 Å². The van der Waals surface area contributed by atoms with Crippen molar-refractivity contribution < 1.29 is 8.83 Å². The largest absolute Gasteiger partial charge is 0.456 e. The van der Waals surface area contributed by atoms with Crippen LogP contribution in [0.15, 0.2) is 167 Å². The van der Waals surface area contributed by atoms with Crippen molar-refractivity contribution in [3.63, 3.8) is 0 Å². The van der Waals surface area contributed by atoms with E-state index in [1.54, 1.807) is 0 Å². The first-order chi connectivity index (χ1) is 26.4. The van der Waals surface area contributed by atoms with Crippen LogP contribution < -0.4 is 0 Å². The van der Waals surface area contributed by atoms with Crippen molar-refractivity contribution in [3.8, 4) is 56.4 Å². The van der Waals surface area contributed by atoms with Gasteiger partial charge in [-0.1, -0.05) is 142 Å². The highest BCUT2D eigenvalue weighted by Crippen LogP contribution is 2.45. The van der Waals surface area contributed by atoms with E-state index in [1.807, 2.05) is 72.8 Å². The van der Waals surface area contributed by atoms with Gasteiger partial charge in [0.1, 0.15) is 22.3 Å². The molecule has 5 heteroatoms. The van der Waals surface area contributed by atoms with Gasteiger partial charge < -0.3 is 8.83 Å². The van der Waals surface area contributed by atoms with Crippen molar-refractivity contribution >= 4 is 43.9 Å². The maximum absolute atomic E-state index is 6.65. The molecule has 7 aromatic carbocycles. The van der Waals surface area contributed by atoms with Gasteiger partial charge >= 0.3 is 0 Å². The summed E-state index contributed by atoms with van der Waals surface area (Å²) >= 11 is 0. The van der Waals surface area contributed by atoms with Crippen molar-refractivity contribution in [3.05, 3.63) is 163 Å². The molecule has 0 aliphatic carbocycles. The molecule has 0 aliphatic heterocycles. The van der Waals surface area contributed by atoms with Crippen molar-refractivity contribution in [2.24, 2.45) is 0 Å². The molecule has 0 bridgehead atoms. The van der Waals surface area contributed by atoms with Crippen molar-refractivity contribution in [2.45, 2.75) is 26.2 Å². The predicted molar refractivity (Wildman–Crippen MR) is 220 cm³/mol. The Labute approximate surface area is 312 Å². The number of fused-ring (bicyclic) bond motifs is 6. The Kier molecular flexibility index (Phi) is 7.31. The Hall–Kier alpha value is -6.85. The van der Waals surface area contributed by atoms with Crippen LogP contribution in [0.25, 0.3) is 100 Å². The topological polar surface area (TPSA) is 65.0 Å². The van der Waals surface area contributed by atoms with E-state index in [0.717, 1.165) is 88.4 Å². The molecule has 0 fully saturated rings. The minimum atomic E-state index is -0.196. The van der Waals surface area contributed by atoms with Gasteiger partial charge in [0, 0.05) is 43.8 Å². The molecule has 0 atom stereocenters. The van der Waals surface area contributed by atoms with E-state index in [9.17, 15) is 0 Å². The fraction of sp³-hybridized carbons (Fsp3) is 0.0816. The molecule has 0 amide bonds. The fourth-order valence-corrected chi connectivity index (χ4v) is 7.60. The zero-order valence-corrected chi connectivity index (χ0v) is 30.2. The maximum Gasteiger partial charge on any atom is 0.164 e. The van der Waals surface area contributed by atoms with Crippen LogP contribution in [0.3, 0.4) is 0 Å². The van der Waals surface area contributed by atoms with Gasteiger partial charge in [-0.15, -0.1) is 0 Å². The van der Waals surface area contributed by atoms with Gasteiger partial charge in [0.15, 0.2) is 17.5 Å². The zero-order chi connectivity index (χ0) is 36.4. The number of nitrogens with zero attached hydrogens (tertiary/aromatic N) is 3. The summed E-state index contributed by atoms with van der Waals surface area (Å²) in [6.45, 7) is 6.66. The lowest BCUT2D eigenvalue weighted by atomic mass is 9.84. The van der Waals surface area contributed by atoms with Crippen LogP contribution in [0.5, 0.6) is 0 Å². The highest BCUT2D eigenvalue weighted by atomic mass is 16.3. The Morgan fingerprint density at radius 3 is 1.39 bits per heavy atom. The summed E-state index contributed by atoms with van der Waals surface area (Å²) in [6.07, 6.45) is 0. The van der Waals surface area contributed by atoms with Gasteiger partial charge in [0.2, 0.25) is 0 Å². The summed E-state index contributed by atoms with van der Waals surface area (Å²) in [7, 11) is 0. The number of benzene rings is 7. The van der Waals surface area contributed by atoms with E-state index in [4.69, 9.17) is 23.8 Å². The standard InChI is InChI=1S/C49H35N3O2/c1-49(2,3)43-44-39(37-22-10-11-23-41(37)53-44)29-40-38-28-35(24-25-42(38)54-45(40)43)33-19-12-18-32(26-33)34-20-13-21-36(27-34)48-51-46(30-14-6-4-7-15-30)50-47(52-48)31-16-8-5-9-17-31/h4-29H,1-3H3. The number of rotatable bonds is 5. The zero-order valence-electron chi connectivity index (χ0n) is 30.2. The van der Waals surface area contributed by atoms with Crippen molar-refractivity contribution in [1.29, 1.82) is 0 Å². The third-order valence-corrected chi connectivity index (χ3v) is 10.2. The number of hydrogen-bond donors (Lipinski definition) is 0. The van der Waals surface area contributed by atoms with Gasteiger partial charge in [-0.25, -0.2) is 15.0 Å². The van der Waals surface area contributed by atoms with Gasteiger partial charge in [0.05, 0.1) is 0 Å². The molecule has 3 heterocycles. The van der Waals surface area contributed by atoms with Crippen LogP contribution in [-0.2, 0) is 5.41 Å². The predicted octanol–water partition coefficient (Wildman–Crippen LogP) is 13.3. The normalized spacial score (nSPS) is 12.0. The average Bonchev–Trinajstić information content (AvgIpc) is 3.77. The smallest absolute Gasteiger partial charge is 0.164 e. The van der Waals surface area contributed by atoms with Crippen molar-refractivity contribution in [1.82, 2.24) is 15.0 Å². The first-order valence-electron chi connectivity index (χ1n) is 18.3. The first-order valence-corrected chi connectivity index (χ1v) is 18.3. The van der Waals surface area contributed by atoms with Crippen LogP contribution in [0.1, 0.15) is 26.3 Å². The average molecular weight is 698 g/mol. The summed E-state index contributed by atoms with van der Waals surface area (Å²) < 4.78 is 13.1. The molecule has 54 heavy (non-hydrogen) atoms. The molecule has 0 spiro atoms. The quantitative estimate of drug-likeness (QED) is 0.179. The lowest BCUT2D eigenvalue weighted by Gasteiger charge is -2.19. The molecule has 0 saturated carbocycles. The number of para-hydroxylation sites is 1. The minimum Gasteiger partial charge on any atom is -0.456 e. The third-order valence-electron chi connectivity index (χ3n) is 10.2. The summed E-state index contributed by atoms with van der Waals surface area (Å²) in [5, 5.41) is 4.42. The monoisotopic (exact) mass is 697 g/mol. The van der Waals surface area contributed by atoms with Crippen LogP contribution in [0, 0.1) is 0 Å². The molecule has 0 aliphatic rings. The van der Waals surface area contributed by atoms with Crippen molar-refractivity contribution in [2.75, 3.05) is 0 Å². The Morgan fingerprint density at radius 2 is 0.796 bits per heavy atom. The number of furan rings is 2. The SMILES string of the molecule is CC(C)(C)c1c2oc3ccccc3c2cc2c1oc1ccc(-c3cccc(-c4cccc(-c5nc(-c6ccccc6)nc(-c6ccccc6)n5)c4)c3)cc12. The van der Waals surface area contributed by atoms with Gasteiger partial charge in [0.25, 0.3) is 0 Å². The second-order valence-corrected chi connectivity index (χ2v) is 14.9. The van der Waals surface area contributed by atoms with Crippen LogP contribution in [-0.4, -0.2) is 15.0 Å². The van der Waals surface area contributed by atoms with Crippen LogP contribution in [0.4, 0.5) is 0 Å². The molecule has 0 N–H and O–H groups in total. The molecular formula is C49H35N3O2. The van der Waals surface area contributed by atoms with E-state index in [1.165, 1.54) is 0 Å². The molecule has 5 nitrogen and oxygen atoms in total. The van der Waals surface area contributed by atoms with E-state index >= 15 is 0 Å². The summed E-state index contributed by atoms with van der Waals surface area (Å²) in [6, 6.07) is 54.3. The highest BCUT2D eigenvalue weighted by Gasteiger charge is 2.27. The molecule has 10 aromatic rings. The highest BCUT2D eigenvalue weighted by molar-refractivity contribution is 6.17. The number of aromatic nitrogens is 3. The van der Waals surface area contributed by atoms with Crippen LogP contribution >= 0.6 is 0 Å². The second-order valence-electron chi connectivity index (χ2n) is 14.9. The van der Waals surface area contributed by atoms with Crippen LogP contribution in [0.2, 0.25) is 0 Å². The Bertz CT molecular complexity index is 2970. The molecule has 258 valence electrons. The van der Waals surface area contributed by atoms with Gasteiger partial charge in [-0.2, -0.15) is 0 Å². The summed E-state index contributed by atoms with van der Waals surface area (Å²) in [5.41, 5.74) is 11.7. The van der Waals surface area contributed by atoms with Gasteiger partial charge in [-0.05, 0) is 64.1 Å². The molecule has 3 aromatic heterocycles. The molecule has 10 rings (SSSR count). The fourth-order valence-electron chi connectivity index (χ4n) is 7.60. The Morgan fingerprint density at radius 1 is 0.352 bits per heavy atom. The lowest BCUT2D eigenvalue weighted by molar-refractivity contribution is 0.559. The van der Waals surface area contributed by atoms with E-state index in [2.05, 4.69) is 106 Å². The molecule has 0 radical (unpaired) electrons. The first kappa shape index (κ1) is 31.9. The summed E-state index contributed by atoms with van der Waals surface area (Å²) in [5.74, 6) is 1.92. The Balaban J connectivity index is 1.07. The minimum absolute atomic E-state index is 0.196. The third kappa shape index (κ3) is 5.44. The van der Waals surface area contributed by atoms with E-state index < -0.39 is 0 Å². The van der Waals surface area contributed by atoms with Gasteiger partial charge in [-0.3, -0.25) is 0 Å². The summed E-state index contributed by atoms with van der Waals surface area (Å²) in [4.78, 5) is 14.8. The molecular weight excluding hydrogens is 663 g/mol. The number of hydrogen-bond acceptors (Lipinski definition) is 5. The molecule has 0 unspecified atom stereocenters.